The Morgan fingerprint density at radius 3 is 2.65 bits per heavy atom. The van der Waals surface area contributed by atoms with E-state index in [1.807, 2.05) is 0 Å². The molecule has 0 aliphatic carbocycles. The Kier molecular flexibility index (Phi) is 2.93. The lowest BCUT2D eigenvalue weighted by molar-refractivity contribution is 0.412. The molecular formula is C11H11ClFN3O. The smallest absolute Gasteiger partial charge is 0.153 e. The number of hydrogen-bond donors (Lipinski definition) is 1. The minimum Gasteiger partial charge on any atom is -0.495 e. The number of nitrogen functional groups attached to an aromatic ring is 1. The van der Waals surface area contributed by atoms with Gasteiger partial charge in [-0.2, -0.15) is 5.10 Å². The van der Waals surface area contributed by atoms with E-state index in [1.54, 1.807) is 19.2 Å². The van der Waals surface area contributed by atoms with Crippen molar-refractivity contribution >= 4 is 17.4 Å². The SMILES string of the molecule is COc1ccc(-c2cnn(C)c2N)c(F)c1Cl. The summed E-state index contributed by atoms with van der Waals surface area (Å²) in [6.07, 6.45) is 1.50. The van der Waals surface area contributed by atoms with Gasteiger partial charge < -0.3 is 10.5 Å². The number of ether oxygens (including phenoxy) is 1. The summed E-state index contributed by atoms with van der Waals surface area (Å²) in [7, 11) is 3.11. The first-order valence-electron chi connectivity index (χ1n) is 4.86. The monoisotopic (exact) mass is 255 g/mol. The number of benzene rings is 1. The van der Waals surface area contributed by atoms with Crippen molar-refractivity contribution in [3.8, 4) is 16.9 Å². The zero-order valence-electron chi connectivity index (χ0n) is 9.37. The molecule has 0 fully saturated rings. The lowest BCUT2D eigenvalue weighted by atomic mass is 10.1. The highest BCUT2D eigenvalue weighted by Gasteiger charge is 2.17. The topological polar surface area (TPSA) is 53.1 Å². The van der Waals surface area contributed by atoms with E-state index in [0.29, 0.717) is 16.9 Å². The molecule has 2 rings (SSSR count). The molecule has 2 N–H and O–H groups in total. The number of aryl methyl sites for hydroxylation is 1. The summed E-state index contributed by atoms with van der Waals surface area (Å²) in [5, 5.41) is 3.89. The van der Waals surface area contributed by atoms with E-state index >= 15 is 0 Å². The Balaban J connectivity index is 2.61. The van der Waals surface area contributed by atoms with Crippen molar-refractivity contribution in [2.24, 2.45) is 7.05 Å². The molecule has 0 amide bonds. The van der Waals surface area contributed by atoms with Crippen molar-refractivity contribution in [3.63, 3.8) is 0 Å². The predicted octanol–water partition coefficient (Wildman–Crippen LogP) is 2.47. The number of nitrogens with zero attached hydrogens (tertiary/aromatic N) is 2. The fraction of sp³-hybridized carbons (Fsp3) is 0.182. The highest BCUT2D eigenvalue weighted by molar-refractivity contribution is 6.32. The molecule has 6 heteroatoms. The van der Waals surface area contributed by atoms with Crippen molar-refractivity contribution in [1.82, 2.24) is 9.78 Å². The van der Waals surface area contributed by atoms with Gasteiger partial charge in [0.05, 0.1) is 13.3 Å². The maximum Gasteiger partial charge on any atom is 0.153 e. The molecular weight excluding hydrogens is 245 g/mol. The van der Waals surface area contributed by atoms with Crippen LogP contribution in [0.4, 0.5) is 10.2 Å². The molecule has 0 unspecified atom stereocenters. The van der Waals surface area contributed by atoms with E-state index < -0.39 is 5.82 Å². The molecule has 0 atom stereocenters. The fourth-order valence-corrected chi connectivity index (χ4v) is 1.79. The quantitative estimate of drug-likeness (QED) is 0.897. The van der Waals surface area contributed by atoms with E-state index in [2.05, 4.69) is 5.10 Å². The van der Waals surface area contributed by atoms with Gasteiger partial charge >= 0.3 is 0 Å². The second-order valence-electron chi connectivity index (χ2n) is 3.51. The first-order chi connectivity index (χ1) is 8.06. The van der Waals surface area contributed by atoms with Crippen LogP contribution in [-0.4, -0.2) is 16.9 Å². The molecule has 4 nitrogen and oxygen atoms in total. The number of rotatable bonds is 2. The number of aromatic nitrogens is 2. The third kappa shape index (κ3) is 1.82. The molecule has 0 bridgehead atoms. The number of halogens is 2. The van der Waals surface area contributed by atoms with Crippen molar-refractivity contribution in [2.45, 2.75) is 0 Å². The third-order valence-corrected chi connectivity index (χ3v) is 2.89. The molecule has 0 aliphatic rings. The summed E-state index contributed by atoms with van der Waals surface area (Å²) in [5.74, 6) is 0.103. The number of nitrogens with two attached hydrogens (primary N) is 1. The minimum absolute atomic E-state index is 0.0618. The van der Waals surface area contributed by atoms with Crippen molar-refractivity contribution in [1.29, 1.82) is 0 Å². The van der Waals surface area contributed by atoms with Gasteiger partial charge in [0.1, 0.15) is 16.6 Å². The van der Waals surface area contributed by atoms with Crippen molar-refractivity contribution in [3.05, 3.63) is 29.2 Å². The molecule has 1 aromatic carbocycles. The van der Waals surface area contributed by atoms with Gasteiger partial charge in [0.2, 0.25) is 0 Å². The van der Waals surface area contributed by atoms with Gasteiger partial charge in [0.25, 0.3) is 0 Å². The Bertz CT molecular complexity index is 568. The molecule has 0 radical (unpaired) electrons. The Morgan fingerprint density at radius 1 is 1.41 bits per heavy atom. The molecule has 2 aromatic rings. The van der Waals surface area contributed by atoms with Crippen molar-refractivity contribution in [2.75, 3.05) is 12.8 Å². The van der Waals surface area contributed by atoms with Gasteiger partial charge in [-0.15, -0.1) is 0 Å². The highest BCUT2D eigenvalue weighted by Crippen LogP contribution is 2.36. The second-order valence-corrected chi connectivity index (χ2v) is 3.89. The van der Waals surface area contributed by atoms with E-state index in [-0.39, 0.29) is 10.8 Å². The summed E-state index contributed by atoms with van der Waals surface area (Å²) in [6, 6.07) is 3.15. The van der Waals surface area contributed by atoms with Gasteiger partial charge in [-0.05, 0) is 12.1 Å². The lowest BCUT2D eigenvalue weighted by Gasteiger charge is -2.08. The zero-order valence-corrected chi connectivity index (χ0v) is 10.1. The maximum absolute atomic E-state index is 14.0. The molecule has 0 spiro atoms. The van der Waals surface area contributed by atoms with Gasteiger partial charge in [0, 0.05) is 18.2 Å². The fourth-order valence-electron chi connectivity index (χ4n) is 1.55. The van der Waals surface area contributed by atoms with Crippen molar-refractivity contribution < 1.29 is 9.13 Å². The van der Waals surface area contributed by atoms with Crippen LogP contribution < -0.4 is 10.5 Å². The zero-order chi connectivity index (χ0) is 12.6. The molecule has 90 valence electrons. The van der Waals surface area contributed by atoms with E-state index in [4.69, 9.17) is 22.1 Å². The Morgan fingerprint density at radius 2 is 2.12 bits per heavy atom. The number of hydrogen-bond acceptors (Lipinski definition) is 3. The summed E-state index contributed by atoms with van der Waals surface area (Å²) in [6.45, 7) is 0. The number of anilines is 1. The average molecular weight is 256 g/mol. The van der Waals surface area contributed by atoms with Gasteiger partial charge in [-0.1, -0.05) is 11.6 Å². The third-order valence-electron chi connectivity index (χ3n) is 2.54. The Hall–Kier alpha value is -1.75. The predicted molar refractivity (Wildman–Crippen MR) is 64.6 cm³/mol. The average Bonchev–Trinajstić information content (AvgIpc) is 2.64. The van der Waals surface area contributed by atoms with Gasteiger partial charge in [0.15, 0.2) is 5.82 Å². The normalized spacial score (nSPS) is 10.6. The van der Waals surface area contributed by atoms with Crippen LogP contribution in [0.3, 0.4) is 0 Å². The first kappa shape index (κ1) is 11.7. The van der Waals surface area contributed by atoms with E-state index in [0.717, 1.165) is 0 Å². The molecule has 1 heterocycles. The standard InChI is InChI=1S/C11H11ClFN3O/c1-16-11(14)7(5-15-16)6-3-4-8(17-2)9(12)10(6)13/h3-5H,14H2,1-2H3. The molecule has 17 heavy (non-hydrogen) atoms. The van der Waals surface area contributed by atoms with Crippen LogP contribution in [0.1, 0.15) is 0 Å². The van der Waals surface area contributed by atoms with Crippen LogP contribution in [0.15, 0.2) is 18.3 Å². The minimum atomic E-state index is -0.564. The summed E-state index contributed by atoms with van der Waals surface area (Å²) in [4.78, 5) is 0. The van der Waals surface area contributed by atoms with E-state index in [9.17, 15) is 4.39 Å². The van der Waals surface area contributed by atoms with Crippen LogP contribution in [-0.2, 0) is 7.05 Å². The van der Waals surface area contributed by atoms with Crippen LogP contribution in [0.2, 0.25) is 5.02 Å². The molecule has 1 aromatic heterocycles. The van der Waals surface area contributed by atoms with Crippen LogP contribution in [0.25, 0.3) is 11.1 Å². The summed E-state index contributed by atoms with van der Waals surface area (Å²) in [5.41, 5.74) is 6.60. The molecule has 0 saturated carbocycles. The first-order valence-corrected chi connectivity index (χ1v) is 5.24. The van der Waals surface area contributed by atoms with Crippen LogP contribution in [0, 0.1) is 5.82 Å². The van der Waals surface area contributed by atoms with E-state index in [1.165, 1.54) is 18.0 Å². The summed E-state index contributed by atoms with van der Waals surface area (Å²) < 4.78 is 20.4. The van der Waals surface area contributed by atoms with Crippen LogP contribution >= 0.6 is 11.6 Å². The second kappa shape index (κ2) is 4.25. The van der Waals surface area contributed by atoms with Gasteiger partial charge in [-0.3, -0.25) is 4.68 Å². The number of methoxy groups -OCH3 is 1. The summed E-state index contributed by atoms with van der Waals surface area (Å²) >= 11 is 5.84. The lowest BCUT2D eigenvalue weighted by Crippen LogP contribution is -1.99. The highest BCUT2D eigenvalue weighted by atomic mass is 35.5. The molecule has 0 saturated heterocycles. The maximum atomic E-state index is 14.0. The van der Waals surface area contributed by atoms with Crippen LogP contribution in [0.5, 0.6) is 5.75 Å². The Labute approximate surface area is 103 Å². The molecule has 0 aliphatic heterocycles. The largest absolute Gasteiger partial charge is 0.495 e. The van der Waals surface area contributed by atoms with Gasteiger partial charge in [-0.25, -0.2) is 4.39 Å².